The van der Waals surface area contributed by atoms with Crippen molar-refractivity contribution in [2.45, 2.75) is 33.1 Å². The first kappa shape index (κ1) is 16.8. The Bertz CT molecular complexity index is 504. The highest BCUT2D eigenvalue weighted by Crippen LogP contribution is 2.25. The third-order valence-electron chi connectivity index (χ3n) is 4.30. The van der Waals surface area contributed by atoms with Gasteiger partial charge in [0, 0.05) is 5.92 Å². The van der Waals surface area contributed by atoms with Crippen molar-refractivity contribution in [3.63, 3.8) is 0 Å². The molecule has 1 fully saturated rings. The Kier molecular flexibility index (Phi) is 5.46. The number of ether oxygens (including phenoxy) is 1. The lowest BCUT2D eigenvalue weighted by molar-refractivity contribution is -0.126. The van der Waals surface area contributed by atoms with Crippen LogP contribution in [-0.2, 0) is 10.2 Å². The van der Waals surface area contributed by atoms with E-state index in [0.29, 0.717) is 19.1 Å². The van der Waals surface area contributed by atoms with Crippen LogP contribution < -0.4 is 15.4 Å². The molecular formula is C18H28N2O2. The highest BCUT2D eigenvalue weighted by Gasteiger charge is 2.28. The number of carbonyl (C=O) groups is 1. The zero-order chi connectivity index (χ0) is 16.2. The van der Waals surface area contributed by atoms with Gasteiger partial charge in [0.1, 0.15) is 12.4 Å². The van der Waals surface area contributed by atoms with Crippen LogP contribution in [0.1, 0.15) is 33.3 Å². The van der Waals surface area contributed by atoms with E-state index in [1.807, 2.05) is 19.1 Å². The molecule has 4 heteroatoms. The fourth-order valence-electron chi connectivity index (χ4n) is 2.44. The van der Waals surface area contributed by atoms with Gasteiger partial charge in [-0.2, -0.15) is 0 Å². The van der Waals surface area contributed by atoms with Gasteiger partial charge in [0.15, 0.2) is 0 Å². The molecule has 22 heavy (non-hydrogen) atoms. The van der Waals surface area contributed by atoms with Crippen molar-refractivity contribution in [2.75, 3.05) is 26.2 Å². The molecule has 122 valence electrons. The van der Waals surface area contributed by atoms with Gasteiger partial charge in [0.05, 0.1) is 6.54 Å². The lowest BCUT2D eigenvalue weighted by atomic mass is 9.87. The summed E-state index contributed by atoms with van der Waals surface area (Å²) in [5, 5.41) is 6.15. The first-order chi connectivity index (χ1) is 10.4. The summed E-state index contributed by atoms with van der Waals surface area (Å²) in [6.07, 6.45) is 0. The molecule has 1 amide bonds. The van der Waals surface area contributed by atoms with Gasteiger partial charge in [0.2, 0.25) is 5.91 Å². The molecule has 1 unspecified atom stereocenters. The second kappa shape index (κ2) is 7.14. The van der Waals surface area contributed by atoms with Crippen LogP contribution in [0.15, 0.2) is 24.3 Å². The average molecular weight is 304 g/mol. The van der Waals surface area contributed by atoms with Crippen molar-refractivity contribution in [1.29, 1.82) is 0 Å². The molecule has 2 N–H and O–H groups in total. The van der Waals surface area contributed by atoms with Crippen molar-refractivity contribution >= 4 is 5.91 Å². The first-order valence-electron chi connectivity index (χ1n) is 8.09. The predicted octanol–water partition coefficient (Wildman–Crippen LogP) is 2.33. The minimum absolute atomic E-state index is 0.0745. The summed E-state index contributed by atoms with van der Waals surface area (Å²) < 4.78 is 5.75. The molecule has 0 saturated carbocycles. The van der Waals surface area contributed by atoms with Crippen molar-refractivity contribution < 1.29 is 9.53 Å². The summed E-state index contributed by atoms with van der Waals surface area (Å²) in [6.45, 7) is 11.5. The lowest BCUT2D eigenvalue weighted by Crippen LogP contribution is -2.49. The van der Waals surface area contributed by atoms with Crippen molar-refractivity contribution in [1.82, 2.24) is 10.6 Å². The first-order valence-corrected chi connectivity index (χ1v) is 8.09. The van der Waals surface area contributed by atoms with Gasteiger partial charge < -0.3 is 15.4 Å². The van der Waals surface area contributed by atoms with Crippen LogP contribution >= 0.6 is 0 Å². The van der Waals surface area contributed by atoms with Gasteiger partial charge in [-0.3, -0.25) is 4.79 Å². The van der Waals surface area contributed by atoms with Crippen LogP contribution in [-0.4, -0.2) is 32.1 Å². The van der Waals surface area contributed by atoms with E-state index in [9.17, 15) is 4.79 Å². The zero-order valence-electron chi connectivity index (χ0n) is 14.1. The molecule has 4 nitrogen and oxygen atoms in total. The Morgan fingerprint density at radius 3 is 2.73 bits per heavy atom. The quantitative estimate of drug-likeness (QED) is 0.793. The van der Waals surface area contributed by atoms with E-state index in [2.05, 4.69) is 43.5 Å². The van der Waals surface area contributed by atoms with Crippen LogP contribution in [0.3, 0.4) is 0 Å². The van der Waals surface area contributed by atoms with Crippen LogP contribution in [0.4, 0.5) is 0 Å². The molecule has 1 aromatic rings. The number of hydrogen-bond acceptors (Lipinski definition) is 3. The summed E-state index contributed by atoms with van der Waals surface area (Å²) >= 11 is 0. The molecule has 1 atom stereocenters. The van der Waals surface area contributed by atoms with Crippen LogP contribution in [0.5, 0.6) is 5.75 Å². The molecule has 1 saturated heterocycles. The summed E-state index contributed by atoms with van der Waals surface area (Å²) in [4.78, 5) is 12.0. The van der Waals surface area contributed by atoms with Gasteiger partial charge >= 0.3 is 0 Å². The summed E-state index contributed by atoms with van der Waals surface area (Å²) in [5.74, 6) is 1.53. The molecule has 0 bridgehead atoms. The molecule has 0 spiro atoms. The second-order valence-corrected chi connectivity index (χ2v) is 7.12. The van der Waals surface area contributed by atoms with Crippen LogP contribution in [0.2, 0.25) is 0 Å². The third kappa shape index (κ3) is 4.47. The molecule has 0 radical (unpaired) electrons. The van der Waals surface area contributed by atoms with E-state index in [4.69, 9.17) is 4.74 Å². The van der Waals surface area contributed by atoms with Gasteiger partial charge in [-0.05, 0) is 42.1 Å². The zero-order valence-corrected chi connectivity index (χ0v) is 14.1. The van der Waals surface area contributed by atoms with E-state index in [1.165, 1.54) is 5.56 Å². The number of rotatable bonds is 6. The molecule has 1 aliphatic rings. The van der Waals surface area contributed by atoms with Gasteiger partial charge in [0.25, 0.3) is 0 Å². The third-order valence-corrected chi connectivity index (χ3v) is 4.30. The minimum Gasteiger partial charge on any atom is -0.492 e. The van der Waals surface area contributed by atoms with Gasteiger partial charge in [-0.25, -0.2) is 0 Å². The normalized spacial score (nSPS) is 16.7. The van der Waals surface area contributed by atoms with Crippen LogP contribution in [0.25, 0.3) is 0 Å². The van der Waals surface area contributed by atoms with Crippen molar-refractivity contribution in [3.05, 3.63) is 29.8 Å². The van der Waals surface area contributed by atoms with Gasteiger partial charge in [-0.15, -0.1) is 0 Å². The standard InChI is InChI=1S/C18H28N2O2/c1-13(14-11-19-12-14)17(21)20-8-9-22-16-7-5-6-15(10-16)18(2,3)4/h5-7,10,13-14,19H,8-9,11-12H2,1-4H3,(H,20,21). The number of carbonyl (C=O) groups excluding carboxylic acids is 1. The van der Waals surface area contributed by atoms with Gasteiger partial charge in [-0.1, -0.05) is 39.8 Å². The molecule has 1 heterocycles. The Morgan fingerprint density at radius 1 is 1.41 bits per heavy atom. The fourth-order valence-corrected chi connectivity index (χ4v) is 2.44. The maximum Gasteiger partial charge on any atom is 0.223 e. The molecular weight excluding hydrogens is 276 g/mol. The Morgan fingerprint density at radius 2 is 2.14 bits per heavy atom. The van der Waals surface area contributed by atoms with E-state index in [-0.39, 0.29) is 17.2 Å². The number of hydrogen-bond donors (Lipinski definition) is 2. The smallest absolute Gasteiger partial charge is 0.223 e. The number of amides is 1. The molecule has 1 aromatic carbocycles. The molecule has 0 aromatic heterocycles. The van der Waals surface area contributed by atoms with E-state index in [1.54, 1.807) is 0 Å². The van der Waals surface area contributed by atoms with Crippen molar-refractivity contribution in [2.24, 2.45) is 11.8 Å². The molecule has 2 rings (SSSR count). The summed E-state index contributed by atoms with van der Waals surface area (Å²) in [7, 11) is 0. The maximum atomic E-state index is 12.0. The Labute approximate surface area is 133 Å². The maximum absolute atomic E-state index is 12.0. The second-order valence-electron chi connectivity index (χ2n) is 7.12. The predicted molar refractivity (Wildman–Crippen MR) is 89.2 cm³/mol. The summed E-state index contributed by atoms with van der Waals surface area (Å²) in [5.41, 5.74) is 1.36. The Hall–Kier alpha value is -1.55. The average Bonchev–Trinajstić information content (AvgIpc) is 2.41. The molecule has 0 aliphatic carbocycles. The van der Waals surface area contributed by atoms with Crippen LogP contribution in [0, 0.1) is 11.8 Å². The highest BCUT2D eigenvalue weighted by molar-refractivity contribution is 5.78. The minimum atomic E-state index is 0.0745. The monoisotopic (exact) mass is 304 g/mol. The number of nitrogens with one attached hydrogen (secondary N) is 2. The lowest BCUT2D eigenvalue weighted by Gasteiger charge is -2.31. The Balaban J connectivity index is 1.73. The van der Waals surface area contributed by atoms with Crippen molar-refractivity contribution in [3.8, 4) is 5.75 Å². The molecule has 1 aliphatic heterocycles. The van der Waals surface area contributed by atoms with E-state index >= 15 is 0 Å². The SMILES string of the molecule is CC(C(=O)NCCOc1cccc(C(C)(C)C)c1)C1CNC1. The fraction of sp³-hybridized carbons (Fsp3) is 0.611. The topological polar surface area (TPSA) is 50.4 Å². The van der Waals surface area contributed by atoms with E-state index in [0.717, 1.165) is 18.8 Å². The number of benzene rings is 1. The largest absolute Gasteiger partial charge is 0.492 e. The van der Waals surface area contributed by atoms with E-state index < -0.39 is 0 Å². The summed E-state index contributed by atoms with van der Waals surface area (Å²) in [6, 6.07) is 8.16. The highest BCUT2D eigenvalue weighted by atomic mass is 16.5.